The van der Waals surface area contributed by atoms with Gasteiger partial charge in [0.1, 0.15) is 17.3 Å². The molecule has 0 atom stereocenters. The van der Waals surface area contributed by atoms with E-state index in [1.54, 1.807) is 0 Å². The maximum atomic E-state index is 7.10. The highest BCUT2D eigenvalue weighted by Gasteiger charge is 2.30. The Morgan fingerprint density at radius 3 is 2.00 bits per heavy atom. The first-order chi connectivity index (χ1) is 29.7. The molecule has 0 saturated carbocycles. The highest BCUT2D eigenvalue weighted by Crippen LogP contribution is 2.46. The number of para-hydroxylation sites is 3. The topological polar surface area (TPSA) is 33.5 Å². The van der Waals surface area contributed by atoms with Crippen molar-refractivity contribution >= 4 is 38.9 Å². The van der Waals surface area contributed by atoms with Gasteiger partial charge >= 0.3 is 0 Å². The Balaban J connectivity index is 1.19. The van der Waals surface area contributed by atoms with E-state index in [4.69, 9.17) is 9.72 Å². The number of anilines is 3. The molecule has 2 aromatic heterocycles. The highest BCUT2D eigenvalue weighted by molar-refractivity contribution is 6.09. The van der Waals surface area contributed by atoms with Crippen LogP contribution in [-0.2, 0) is 17.4 Å². The second kappa shape index (κ2) is 15.9. The zero-order chi connectivity index (χ0) is 43.5. The standard InChI is InChI=1S/C57H60N4O/c1-37(2)45-20-17-21-46(38(3)4)55(45)40-30-42(60-36-59(51-24-15-16-25-52(51)60)35-39-18-11-13-22-49(39)57(8,9)10)33-44(31-40)62-43-26-27-48-47-19-12-14-23-50(47)61(53(48)34-43)54-32-41(28-29-58-54)56(5,6)7/h11-34,37-38H,35-36H2,1-10H3. The van der Waals surface area contributed by atoms with E-state index in [-0.39, 0.29) is 10.8 Å². The smallest absolute Gasteiger partial charge is 0.137 e. The lowest BCUT2D eigenvalue weighted by Gasteiger charge is -2.27. The van der Waals surface area contributed by atoms with Gasteiger partial charge < -0.3 is 14.5 Å². The Hall–Kier alpha value is -6.33. The zero-order valence-electron chi connectivity index (χ0n) is 38.1. The summed E-state index contributed by atoms with van der Waals surface area (Å²) < 4.78 is 9.39. The molecule has 0 spiro atoms. The maximum absolute atomic E-state index is 7.10. The lowest BCUT2D eigenvalue weighted by molar-refractivity contribution is 0.483. The van der Waals surface area contributed by atoms with Crippen molar-refractivity contribution in [3.63, 3.8) is 0 Å². The quantitative estimate of drug-likeness (QED) is 0.145. The Morgan fingerprint density at radius 1 is 0.597 bits per heavy atom. The molecule has 0 bridgehead atoms. The van der Waals surface area contributed by atoms with E-state index in [1.807, 2.05) is 6.20 Å². The fourth-order valence-electron chi connectivity index (χ4n) is 9.47. The van der Waals surface area contributed by atoms with Gasteiger partial charge in [-0.3, -0.25) is 4.57 Å². The minimum Gasteiger partial charge on any atom is -0.457 e. The zero-order valence-corrected chi connectivity index (χ0v) is 38.1. The van der Waals surface area contributed by atoms with Crippen LogP contribution < -0.4 is 14.5 Å². The van der Waals surface area contributed by atoms with Gasteiger partial charge in [-0.15, -0.1) is 0 Å². The van der Waals surface area contributed by atoms with Crippen LogP contribution in [0.4, 0.5) is 17.1 Å². The predicted octanol–water partition coefficient (Wildman–Crippen LogP) is 15.6. The van der Waals surface area contributed by atoms with Crippen LogP contribution in [0.15, 0.2) is 146 Å². The third-order valence-corrected chi connectivity index (χ3v) is 12.6. The number of ether oxygens (including phenoxy) is 1. The Labute approximate surface area is 368 Å². The van der Waals surface area contributed by atoms with Crippen molar-refractivity contribution in [1.29, 1.82) is 0 Å². The van der Waals surface area contributed by atoms with Crippen LogP contribution in [-0.4, -0.2) is 16.2 Å². The average molecular weight is 817 g/mol. The molecule has 314 valence electrons. The van der Waals surface area contributed by atoms with Crippen molar-refractivity contribution in [3.05, 3.63) is 174 Å². The first-order valence-electron chi connectivity index (χ1n) is 22.3. The number of hydrogen-bond acceptors (Lipinski definition) is 4. The number of nitrogens with zero attached hydrogens (tertiary/aromatic N) is 4. The first-order valence-corrected chi connectivity index (χ1v) is 22.3. The maximum Gasteiger partial charge on any atom is 0.137 e. The first kappa shape index (κ1) is 41.0. The van der Waals surface area contributed by atoms with Crippen molar-refractivity contribution in [3.8, 4) is 28.4 Å². The molecule has 62 heavy (non-hydrogen) atoms. The number of benzene rings is 6. The molecule has 0 N–H and O–H groups in total. The Morgan fingerprint density at radius 2 is 1.27 bits per heavy atom. The fourth-order valence-corrected chi connectivity index (χ4v) is 9.47. The summed E-state index contributed by atoms with van der Waals surface area (Å²) in [6.07, 6.45) is 1.94. The summed E-state index contributed by atoms with van der Waals surface area (Å²) in [5, 5.41) is 2.36. The van der Waals surface area contributed by atoms with E-state index in [0.29, 0.717) is 11.8 Å². The molecule has 0 fully saturated rings. The van der Waals surface area contributed by atoms with Crippen LogP contribution in [0.2, 0.25) is 0 Å². The van der Waals surface area contributed by atoms with Crippen LogP contribution in [0.25, 0.3) is 38.8 Å². The summed E-state index contributed by atoms with van der Waals surface area (Å²) >= 11 is 0. The molecule has 0 amide bonds. The van der Waals surface area contributed by atoms with Crippen molar-refractivity contribution in [1.82, 2.24) is 9.55 Å². The largest absolute Gasteiger partial charge is 0.457 e. The van der Waals surface area contributed by atoms with E-state index in [0.717, 1.165) is 52.8 Å². The molecule has 0 saturated heterocycles. The van der Waals surface area contributed by atoms with Crippen LogP contribution in [0.1, 0.15) is 109 Å². The number of hydrogen-bond donors (Lipinski definition) is 0. The van der Waals surface area contributed by atoms with Crippen molar-refractivity contribution in [2.24, 2.45) is 0 Å². The SMILES string of the molecule is CC(C)c1cccc(C(C)C)c1-c1cc(Oc2ccc3c4ccccc4n(-c4cc(C(C)(C)C)ccn4)c3c2)cc(N2CN(Cc3ccccc3C(C)(C)C)c3ccccc32)c1. The Bertz CT molecular complexity index is 2910. The van der Waals surface area contributed by atoms with E-state index in [9.17, 15) is 0 Å². The molecule has 5 heteroatoms. The number of fused-ring (bicyclic) bond motifs is 4. The van der Waals surface area contributed by atoms with Crippen molar-refractivity contribution < 1.29 is 4.74 Å². The van der Waals surface area contributed by atoms with Crippen LogP contribution >= 0.6 is 0 Å². The van der Waals surface area contributed by atoms with E-state index >= 15 is 0 Å². The second-order valence-corrected chi connectivity index (χ2v) is 19.8. The lowest BCUT2D eigenvalue weighted by atomic mass is 9.83. The molecule has 9 rings (SSSR count). The monoisotopic (exact) mass is 816 g/mol. The molecule has 5 nitrogen and oxygen atoms in total. The van der Waals surface area contributed by atoms with Gasteiger partial charge in [0, 0.05) is 41.3 Å². The Kier molecular flexibility index (Phi) is 10.5. The summed E-state index contributed by atoms with van der Waals surface area (Å²) in [6, 6.07) is 50.9. The third-order valence-electron chi connectivity index (χ3n) is 12.6. The summed E-state index contributed by atoms with van der Waals surface area (Å²) in [4.78, 5) is 9.92. The van der Waals surface area contributed by atoms with Gasteiger partial charge in [-0.2, -0.15) is 0 Å². The molecule has 0 unspecified atom stereocenters. The highest BCUT2D eigenvalue weighted by atomic mass is 16.5. The average Bonchev–Trinajstić information content (AvgIpc) is 3.78. The summed E-state index contributed by atoms with van der Waals surface area (Å²) in [7, 11) is 0. The fraction of sp³-hybridized carbons (Fsp3) is 0.281. The number of aromatic nitrogens is 2. The van der Waals surface area contributed by atoms with Gasteiger partial charge in [0.05, 0.1) is 29.1 Å². The van der Waals surface area contributed by atoms with Crippen LogP contribution in [0.3, 0.4) is 0 Å². The van der Waals surface area contributed by atoms with Gasteiger partial charge in [-0.25, -0.2) is 4.98 Å². The molecule has 6 aromatic carbocycles. The number of rotatable bonds is 9. The molecule has 1 aliphatic heterocycles. The van der Waals surface area contributed by atoms with Gasteiger partial charge in [-0.05, 0) is 116 Å². The summed E-state index contributed by atoms with van der Waals surface area (Å²) in [5.41, 5.74) is 14.9. The third kappa shape index (κ3) is 7.63. The minimum atomic E-state index is -0.0130. The predicted molar refractivity (Wildman–Crippen MR) is 262 cm³/mol. The molecular weight excluding hydrogens is 757 g/mol. The van der Waals surface area contributed by atoms with Crippen molar-refractivity contribution in [2.45, 2.75) is 98.4 Å². The van der Waals surface area contributed by atoms with E-state index < -0.39 is 0 Å². The molecule has 0 aliphatic carbocycles. The molecule has 3 heterocycles. The molecule has 1 aliphatic rings. The van der Waals surface area contributed by atoms with Gasteiger partial charge in [0.2, 0.25) is 0 Å². The van der Waals surface area contributed by atoms with E-state index in [2.05, 4.69) is 223 Å². The minimum absolute atomic E-state index is 0.0130. The van der Waals surface area contributed by atoms with Crippen LogP contribution in [0, 0.1) is 0 Å². The lowest BCUT2D eigenvalue weighted by Crippen LogP contribution is -2.28. The summed E-state index contributed by atoms with van der Waals surface area (Å²) in [6.45, 7) is 24.4. The normalized spacial score (nSPS) is 13.2. The molecule has 8 aromatic rings. The number of pyridine rings is 1. The van der Waals surface area contributed by atoms with Crippen molar-refractivity contribution in [2.75, 3.05) is 16.5 Å². The van der Waals surface area contributed by atoms with Crippen LogP contribution in [0.5, 0.6) is 11.5 Å². The van der Waals surface area contributed by atoms with Gasteiger partial charge in [0.25, 0.3) is 0 Å². The second-order valence-electron chi connectivity index (χ2n) is 19.8. The van der Waals surface area contributed by atoms with Gasteiger partial charge in [-0.1, -0.05) is 142 Å². The molecular formula is C57H60N4O. The summed E-state index contributed by atoms with van der Waals surface area (Å²) in [5.74, 6) is 3.17. The van der Waals surface area contributed by atoms with E-state index in [1.165, 1.54) is 55.5 Å². The van der Waals surface area contributed by atoms with Gasteiger partial charge in [0.15, 0.2) is 0 Å². The molecule has 0 radical (unpaired) electrons.